The summed E-state index contributed by atoms with van der Waals surface area (Å²) in [6, 6.07) is 0. The van der Waals surface area contributed by atoms with Crippen LogP contribution >= 0.6 is 0 Å². The van der Waals surface area contributed by atoms with E-state index in [1.807, 2.05) is 19.0 Å². The van der Waals surface area contributed by atoms with E-state index in [2.05, 4.69) is 0 Å². The molecule has 0 bridgehead atoms. The standard InChI is InChI=1S/C11H19NO4/c1-8(10(14)15)6-9(13)16-11(2,3)7-12(4)5/h6H,7H2,1-5H3,(H,14,15)/b8-6+. The first kappa shape index (κ1) is 14.6. The van der Waals surface area contributed by atoms with Crippen LogP contribution in [0.1, 0.15) is 20.8 Å². The van der Waals surface area contributed by atoms with Crippen LogP contribution in [0.5, 0.6) is 0 Å². The Labute approximate surface area is 95.7 Å². The van der Waals surface area contributed by atoms with Gasteiger partial charge in [0.15, 0.2) is 0 Å². The van der Waals surface area contributed by atoms with Gasteiger partial charge in [0.1, 0.15) is 5.60 Å². The maximum atomic E-state index is 11.4. The van der Waals surface area contributed by atoms with Crippen molar-refractivity contribution in [3.05, 3.63) is 11.6 Å². The highest BCUT2D eigenvalue weighted by Crippen LogP contribution is 2.11. The topological polar surface area (TPSA) is 66.8 Å². The van der Waals surface area contributed by atoms with Crippen LogP contribution < -0.4 is 0 Å². The molecule has 0 aromatic heterocycles. The first-order valence-electron chi connectivity index (χ1n) is 4.93. The van der Waals surface area contributed by atoms with Crippen molar-refractivity contribution >= 4 is 11.9 Å². The summed E-state index contributed by atoms with van der Waals surface area (Å²) >= 11 is 0. The van der Waals surface area contributed by atoms with E-state index in [1.54, 1.807) is 13.8 Å². The molecule has 0 atom stereocenters. The summed E-state index contributed by atoms with van der Waals surface area (Å²) in [7, 11) is 3.74. The van der Waals surface area contributed by atoms with Gasteiger partial charge in [-0.1, -0.05) is 0 Å². The molecule has 1 N–H and O–H groups in total. The maximum Gasteiger partial charge on any atom is 0.331 e. The van der Waals surface area contributed by atoms with E-state index in [4.69, 9.17) is 9.84 Å². The van der Waals surface area contributed by atoms with Crippen molar-refractivity contribution in [3.63, 3.8) is 0 Å². The highest BCUT2D eigenvalue weighted by Gasteiger charge is 2.23. The second-order valence-corrected chi connectivity index (χ2v) is 4.55. The molecular formula is C11H19NO4. The Morgan fingerprint density at radius 3 is 2.25 bits per heavy atom. The van der Waals surface area contributed by atoms with Crippen LogP contribution in [0.3, 0.4) is 0 Å². The number of ether oxygens (including phenoxy) is 1. The minimum atomic E-state index is -1.12. The number of carboxylic acids is 1. The third-order valence-corrected chi connectivity index (χ3v) is 1.75. The third-order valence-electron chi connectivity index (χ3n) is 1.75. The summed E-state index contributed by atoms with van der Waals surface area (Å²) in [6.07, 6.45) is 0.986. The Bertz CT molecular complexity index is 305. The zero-order chi connectivity index (χ0) is 12.9. The lowest BCUT2D eigenvalue weighted by molar-refractivity contribution is -0.151. The first-order chi connectivity index (χ1) is 7.14. The van der Waals surface area contributed by atoms with Crippen LogP contribution in [0.4, 0.5) is 0 Å². The number of esters is 1. The fourth-order valence-corrected chi connectivity index (χ4v) is 1.33. The van der Waals surface area contributed by atoms with E-state index in [9.17, 15) is 9.59 Å². The number of hydrogen-bond donors (Lipinski definition) is 1. The van der Waals surface area contributed by atoms with Gasteiger partial charge in [0.25, 0.3) is 0 Å². The molecule has 5 heteroatoms. The molecule has 0 rings (SSSR count). The Morgan fingerprint density at radius 2 is 1.88 bits per heavy atom. The predicted octanol–water partition coefficient (Wildman–Crippen LogP) is 0.901. The van der Waals surface area contributed by atoms with E-state index in [0.717, 1.165) is 6.08 Å². The smallest absolute Gasteiger partial charge is 0.331 e. The zero-order valence-corrected chi connectivity index (χ0v) is 10.4. The second-order valence-electron chi connectivity index (χ2n) is 4.55. The van der Waals surface area contributed by atoms with Crippen LogP contribution in [0.15, 0.2) is 11.6 Å². The molecular weight excluding hydrogens is 210 g/mol. The second kappa shape index (κ2) is 5.65. The Morgan fingerprint density at radius 1 is 1.38 bits per heavy atom. The summed E-state index contributed by atoms with van der Waals surface area (Å²) in [5.41, 5.74) is -0.679. The monoisotopic (exact) mass is 229 g/mol. The molecule has 0 aliphatic rings. The van der Waals surface area contributed by atoms with Gasteiger partial charge in [-0.2, -0.15) is 0 Å². The normalized spacial score (nSPS) is 12.8. The van der Waals surface area contributed by atoms with Gasteiger partial charge in [0.2, 0.25) is 0 Å². The lowest BCUT2D eigenvalue weighted by Gasteiger charge is -2.27. The first-order valence-corrected chi connectivity index (χ1v) is 4.93. The van der Waals surface area contributed by atoms with Gasteiger partial charge in [0, 0.05) is 18.2 Å². The summed E-state index contributed by atoms with van der Waals surface area (Å²) in [6.45, 7) is 5.46. The largest absolute Gasteiger partial charge is 0.478 e. The van der Waals surface area contributed by atoms with Gasteiger partial charge in [-0.3, -0.25) is 0 Å². The van der Waals surface area contributed by atoms with E-state index >= 15 is 0 Å². The highest BCUT2D eigenvalue weighted by atomic mass is 16.6. The van der Waals surface area contributed by atoms with Gasteiger partial charge in [-0.25, -0.2) is 9.59 Å². The summed E-state index contributed by atoms with van der Waals surface area (Å²) < 4.78 is 5.15. The molecule has 0 aromatic carbocycles. The Balaban J connectivity index is 4.45. The fourth-order valence-electron chi connectivity index (χ4n) is 1.33. The highest BCUT2D eigenvalue weighted by molar-refractivity contribution is 5.94. The number of hydrogen-bond acceptors (Lipinski definition) is 4. The van der Waals surface area contributed by atoms with Crippen molar-refractivity contribution in [3.8, 4) is 0 Å². The maximum absolute atomic E-state index is 11.4. The van der Waals surface area contributed by atoms with Crippen molar-refractivity contribution < 1.29 is 19.4 Å². The number of likely N-dealkylation sites (N-methyl/N-ethyl adjacent to an activating group) is 1. The minimum Gasteiger partial charge on any atom is -0.478 e. The number of rotatable bonds is 5. The Kier molecular flexibility index (Phi) is 5.17. The van der Waals surface area contributed by atoms with Crippen molar-refractivity contribution in [1.82, 2.24) is 4.90 Å². The van der Waals surface area contributed by atoms with Crippen molar-refractivity contribution in [2.75, 3.05) is 20.6 Å². The number of nitrogens with zero attached hydrogens (tertiary/aromatic N) is 1. The van der Waals surface area contributed by atoms with Gasteiger partial charge >= 0.3 is 11.9 Å². The predicted molar refractivity (Wildman–Crippen MR) is 60.1 cm³/mol. The quantitative estimate of drug-likeness (QED) is 0.560. The summed E-state index contributed by atoms with van der Waals surface area (Å²) in [4.78, 5) is 23.8. The third kappa shape index (κ3) is 6.19. The molecule has 0 amide bonds. The molecule has 0 aromatic rings. The lowest BCUT2D eigenvalue weighted by atomic mass is 10.1. The average molecular weight is 229 g/mol. The van der Waals surface area contributed by atoms with Crippen LogP contribution in [0.2, 0.25) is 0 Å². The van der Waals surface area contributed by atoms with Crippen LogP contribution in [-0.2, 0) is 14.3 Å². The van der Waals surface area contributed by atoms with Crippen LogP contribution in [0.25, 0.3) is 0 Å². The molecule has 0 saturated heterocycles. The fraction of sp³-hybridized carbons (Fsp3) is 0.636. The van der Waals surface area contributed by atoms with Crippen molar-refractivity contribution in [2.24, 2.45) is 0 Å². The van der Waals surface area contributed by atoms with Gasteiger partial charge < -0.3 is 14.7 Å². The molecule has 16 heavy (non-hydrogen) atoms. The average Bonchev–Trinajstić information content (AvgIpc) is 1.98. The molecule has 0 saturated carbocycles. The molecule has 0 radical (unpaired) electrons. The number of carbonyl (C=O) groups excluding carboxylic acids is 1. The van der Waals surface area contributed by atoms with Gasteiger partial charge in [0.05, 0.1) is 0 Å². The van der Waals surface area contributed by atoms with Gasteiger partial charge in [-0.05, 0) is 34.9 Å². The van der Waals surface area contributed by atoms with Crippen molar-refractivity contribution in [2.45, 2.75) is 26.4 Å². The molecule has 5 nitrogen and oxygen atoms in total. The summed E-state index contributed by atoms with van der Waals surface area (Å²) in [5, 5.41) is 8.59. The number of carbonyl (C=O) groups is 2. The SMILES string of the molecule is C/C(=C\C(=O)OC(C)(C)CN(C)C)C(=O)O. The molecule has 0 aliphatic heterocycles. The van der Waals surface area contributed by atoms with E-state index in [0.29, 0.717) is 6.54 Å². The molecule has 92 valence electrons. The van der Waals surface area contributed by atoms with E-state index in [-0.39, 0.29) is 5.57 Å². The molecule has 0 fully saturated rings. The summed E-state index contributed by atoms with van der Waals surface area (Å²) in [5.74, 6) is -1.76. The lowest BCUT2D eigenvalue weighted by Crippen LogP contribution is -2.38. The van der Waals surface area contributed by atoms with Crippen molar-refractivity contribution in [1.29, 1.82) is 0 Å². The minimum absolute atomic E-state index is 0.0364. The molecule has 0 unspecified atom stereocenters. The van der Waals surface area contributed by atoms with Crippen LogP contribution in [0, 0.1) is 0 Å². The Hall–Kier alpha value is -1.36. The molecule has 0 heterocycles. The van der Waals surface area contributed by atoms with Gasteiger partial charge in [-0.15, -0.1) is 0 Å². The van der Waals surface area contributed by atoms with E-state index in [1.165, 1.54) is 6.92 Å². The molecule has 0 aliphatic carbocycles. The zero-order valence-electron chi connectivity index (χ0n) is 10.4. The van der Waals surface area contributed by atoms with E-state index < -0.39 is 17.5 Å². The number of carboxylic acid groups (broad SMARTS) is 1. The number of aliphatic carboxylic acids is 1. The van der Waals surface area contributed by atoms with Crippen LogP contribution in [-0.4, -0.2) is 48.2 Å². The molecule has 0 spiro atoms.